The molecule has 3 aromatic carbocycles. The van der Waals surface area contributed by atoms with E-state index in [2.05, 4.69) is 9.50 Å². The number of ether oxygens (including phenoxy) is 1. The molecular weight excluding hydrogens is 474 g/mol. The molecule has 0 saturated carbocycles. The summed E-state index contributed by atoms with van der Waals surface area (Å²) in [7, 11) is -4.06. The standard InChI is InChI=1S/C24H23N3O7S/c1-35(31,32)34-24(30)20-5-3-2-4-18(20)19-11-10-17(33-13-12-28)14-21(19)23(29)27-16-8-6-15(7-9-16)22(25)26/h2-11,14,28H,12-13H2,1H3,(H3,25,26)(H,27,29). The number of amides is 1. The highest BCUT2D eigenvalue weighted by Crippen LogP contribution is 2.31. The number of benzene rings is 3. The second-order valence-electron chi connectivity index (χ2n) is 7.35. The molecule has 0 radical (unpaired) electrons. The molecule has 3 aromatic rings. The van der Waals surface area contributed by atoms with Gasteiger partial charge in [-0.15, -0.1) is 0 Å². The quantitative estimate of drug-likeness (QED) is 0.198. The maximum Gasteiger partial charge on any atom is 0.354 e. The largest absolute Gasteiger partial charge is 0.491 e. The van der Waals surface area contributed by atoms with E-state index >= 15 is 0 Å². The molecule has 0 spiro atoms. The molecule has 0 unspecified atom stereocenters. The van der Waals surface area contributed by atoms with E-state index in [0.29, 0.717) is 22.6 Å². The smallest absolute Gasteiger partial charge is 0.354 e. The molecular formula is C24H23N3O7S. The van der Waals surface area contributed by atoms with Crippen LogP contribution in [0.25, 0.3) is 11.1 Å². The van der Waals surface area contributed by atoms with E-state index in [1.54, 1.807) is 48.5 Å². The third-order valence-corrected chi connectivity index (χ3v) is 5.17. The van der Waals surface area contributed by atoms with Crippen molar-refractivity contribution in [3.05, 3.63) is 83.4 Å². The Morgan fingerprint density at radius 3 is 2.29 bits per heavy atom. The molecule has 0 bridgehead atoms. The minimum atomic E-state index is -4.06. The summed E-state index contributed by atoms with van der Waals surface area (Å²) in [6.07, 6.45) is 0.761. The molecule has 0 saturated heterocycles. The third kappa shape index (κ3) is 6.65. The van der Waals surface area contributed by atoms with E-state index in [1.165, 1.54) is 18.2 Å². The number of carbonyl (C=O) groups excluding carboxylic acids is 2. The zero-order chi connectivity index (χ0) is 25.6. The van der Waals surface area contributed by atoms with Gasteiger partial charge < -0.3 is 25.1 Å². The fourth-order valence-corrected chi connectivity index (χ4v) is 3.57. The Labute approximate surface area is 201 Å². The van der Waals surface area contributed by atoms with Gasteiger partial charge in [0.25, 0.3) is 5.91 Å². The Kier molecular flexibility index (Phi) is 7.84. The highest BCUT2D eigenvalue weighted by atomic mass is 32.2. The molecule has 3 rings (SSSR count). The molecule has 35 heavy (non-hydrogen) atoms. The van der Waals surface area contributed by atoms with Crippen LogP contribution in [0.15, 0.2) is 66.7 Å². The predicted octanol–water partition coefficient (Wildman–Crippen LogP) is 2.38. The van der Waals surface area contributed by atoms with Crippen LogP contribution in [0.2, 0.25) is 0 Å². The van der Waals surface area contributed by atoms with Crippen LogP contribution in [-0.2, 0) is 14.3 Å². The molecule has 0 heterocycles. The molecule has 0 aliphatic heterocycles. The van der Waals surface area contributed by atoms with Crippen LogP contribution >= 0.6 is 0 Å². The molecule has 10 nitrogen and oxygen atoms in total. The van der Waals surface area contributed by atoms with Crippen LogP contribution in [-0.4, -0.2) is 50.7 Å². The van der Waals surface area contributed by atoms with Gasteiger partial charge in [-0.25, -0.2) is 4.79 Å². The maximum absolute atomic E-state index is 13.3. The van der Waals surface area contributed by atoms with Crippen molar-refractivity contribution in [2.24, 2.45) is 5.73 Å². The summed E-state index contributed by atoms with van der Waals surface area (Å²) in [5.74, 6) is -1.45. The molecule has 5 N–H and O–H groups in total. The van der Waals surface area contributed by atoms with Crippen molar-refractivity contribution in [1.82, 2.24) is 0 Å². The second kappa shape index (κ2) is 10.8. The number of amidine groups is 1. The highest BCUT2D eigenvalue weighted by molar-refractivity contribution is 7.86. The predicted molar refractivity (Wildman–Crippen MR) is 130 cm³/mol. The number of nitrogens with one attached hydrogen (secondary N) is 2. The molecule has 11 heteroatoms. The summed E-state index contributed by atoms with van der Waals surface area (Å²) in [6, 6.07) is 17.0. The fraction of sp³-hybridized carbons (Fsp3) is 0.125. The van der Waals surface area contributed by atoms with Crippen molar-refractivity contribution < 1.29 is 32.0 Å². The first-order valence-corrected chi connectivity index (χ1v) is 12.1. The lowest BCUT2D eigenvalue weighted by Crippen LogP contribution is -2.16. The average Bonchev–Trinajstić information content (AvgIpc) is 2.82. The van der Waals surface area contributed by atoms with Gasteiger partial charge in [-0.3, -0.25) is 10.2 Å². The Bertz CT molecular complexity index is 1370. The SMILES string of the molecule is CS(=O)(=O)OC(=O)c1ccccc1-c1ccc(OCCO)cc1C(=O)Nc1ccc(C(=N)N)cc1. The van der Waals surface area contributed by atoms with Crippen molar-refractivity contribution in [1.29, 1.82) is 5.41 Å². The minimum absolute atomic E-state index is 0.00415. The number of carbonyl (C=O) groups is 2. The average molecular weight is 498 g/mol. The van der Waals surface area contributed by atoms with Gasteiger partial charge in [-0.2, -0.15) is 8.42 Å². The van der Waals surface area contributed by atoms with Crippen LogP contribution in [0, 0.1) is 5.41 Å². The van der Waals surface area contributed by atoms with Crippen LogP contribution in [0.1, 0.15) is 26.3 Å². The molecule has 0 aromatic heterocycles. The van der Waals surface area contributed by atoms with Gasteiger partial charge >= 0.3 is 16.1 Å². The molecule has 0 fully saturated rings. The summed E-state index contributed by atoms with van der Waals surface area (Å²) >= 11 is 0. The van der Waals surface area contributed by atoms with E-state index in [4.69, 9.17) is 21.0 Å². The van der Waals surface area contributed by atoms with Gasteiger partial charge in [0.05, 0.1) is 24.0 Å². The van der Waals surface area contributed by atoms with Crippen molar-refractivity contribution in [2.75, 3.05) is 24.8 Å². The summed E-state index contributed by atoms with van der Waals surface area (Å²) in [6.45, 7) is -0.226. The van der Waals surface area contributed by atoms with Gasteiger partial charge in [0.15, 0.2) is 0 Å². The number of aliphatic hydroxyl groups excluding tert-OH is 1. The van der Waals surface area contributed by atoms with Gasteiger partial charge in [0.2, 0.25) is 0 Å². The molecule has 0 aliphatic rings. The summed E-state index contributed by atoms with van der Waals surface area (Å²) in [4.78, 5) is 25.8. The second-order valence-corrected chi connectivity index (χ2v) is 8.92. The number of rotatable bonds is 9. The van der Waals surface area contributed by atoms with E-state index in [0.717, 1.165) is 6.26 Å². The molecule has 1 amide bonds. The van der Waals surface area contributed by atoms with E-state index < -0.39 is 22.0 Å². The van der Waals surface area contributed by atoms with E-state index in [-0.39, 0.29) is 35.7 Å². The lowest BCUT2D eigenvalue weighted by Gasteiger charge is -2.15. The van der Waals surface area contributed by atoms with Crippen molar-refractivity contribution in [3.63, 3.8) is 0 Å². The maximum atomic E-state index is 13.3. The van der Waals surface area contributed by atoms with E-state index in [9.17, 15) is 18.0 Å². The number of aliphatic hydroxyl groups is 1. The Balaban J connectivity index is 2.05. The van der Waals surface area contributed by atoms with Gasteiger partial charge in [0.1, 0.15) is 18.2 Å². The molecule has 0 atom stereocenters. The topological polar surface area (TPSA) is 169 Å². The lowest BCUT2D eigenvalue weighted by atomic mass is 9.94. The first kappa shape index (κ1) is 25.4. The zero-order valence-corrected chi connectivity index (χ0v) is 19.5. The van der Waals surface area contributed by atoms with Crippen molar-refractivity contribution in [3.8, 4) is 16.9 Å². The van der Waals surface area contributed by atoms with Crippen LogP contribution in [0.5, 0.6) is 5.75 Å². The summed E-state index contributed by atoms with van der Waals surface area (Å²) < 4.78 is 33.0. The summed E-state index contributed by atoms with van der Waals surface area (Å²) in [5.41, 5.74) is 7.04. The first-order chi connectivity index (χ1) is 16.6. The summed E-state index contributed by atoms with van der Waals surface area (Å²) in [5, 5.41) is 19.3. The monoisotopic (exact) mass is 497 g/mol. The van der Waals surface area contributed by atoms with Gasteiger partial charge in [0, 0.05) is 11.3 Å². The molecule has 182 valence electrons. The van der Waals surface area contributed by atoms with Crippen molar-refractivity contribution in [2.45, 2.75) is 0 Å². The number of hydrogen-bond donors (Lipinski definition) is 4. The Morgan fingerprint density at radius 1 is 1.00 bits per heavy atom. The Morgan fingerprint density at radius 2 is 1.66 bits per heavy atom. The zero-order valence-electron chi connectivity index (χ0n) is 18.6. The number of hydrogen-bond acceptors (Lipinski definition) is 8. The van der Waals surface area contributed by atoms with E-state index in [1.807, 2.05) is 0 Å². The first-order valence-electron chi connectivity index (χ1n) is 10.3. The van der Waals surface area contributed by atoms with Crippen LogP contribution in [0.3, 0.4) is 0 Å². The minimum Gasteiger partial charge on any atom is -0.491 e. The van der Waals surface area contributed by atoms with Crippen molar-refractivity contribution >= 4 is 33.5 Å². The number of nitrogens with two attached hydrogens (primary N) is 1. The Hall–Kier alpha value is -4.22. The normalized spacial score (nSPS) is 10.9. The lowest BCUT2D eigenvalue weighted by molar-refractivity contribution is 0.0748. The van der Waals surface area contributed by atoms with Gasteiger partial charge in [-0.05, 0) is 59.7 Å². The number of nitrogen functional groups attached to an aromatic ring is 1. The third-order valence-electron chi connectivity index (χ3n) is 4.71. The van der Waals surface area contributed by atoms with Gasteiger partial charge in [-0.1, -0.05) is 18.2 Å². The van der Waals surface area contributed by atoms with Crippen LogP contribution in [0.4, 0.5) is 5.69 Å². The van der Waals surface area contributed by atoms with Crippen LogP contribution < -0.4 is 15.8 Å². The number of anilines is 1. The molecule has 0 aliphatic carbocycles. The fourth-order valence-electron chi connectivity index (χ4n) is 3.21. The highest BCUT2D eigenvalue weighted by Gasteiger charge is 2.22.